The maximum absolute atomic E-state index is 12.7. The van der Waals surface area contributed by atoms with Crippen LogP contribution in [0.4, 0.5) is 0 Å². The summed E-state index contributed by atoms with van der Waals surface area (Å²) < 4.78 is 2.08. The third-order valence-electron chi connectivity index (χ3n) is 4.89. The Balaban J connectivity index is 1.66. The van der Waals surface area contributed by atoms with Crippen LogP contribution in [0.5, 0.6) is 0 Å². The molecule has 1 saturated heterocycles. The molecule has 2 heterocycles. The number of carbonyl (C=O) groups is 1. The first-order valence-electron chi connectivity index (χ1n) is 8.94. The number of benzene rings is 1. The number of hydrogen-bond donors (Lipinski definition) is 0. The van der Waals surface area contributed by atoms with Crippen molar-refractivity contribution >= 4 is 17.7 Å². The fourth-order valence-electron chi connectivity index (χ4n) is 3.53. The van der Waals surface area contributed by atoms with Gasteiger partial charge in [-0.2, -0.15) is 0 Å². The Morgan fingerprint density at radius 3 is 2.52 bits per heavy atom. The predicted molar refractivity (Wildman–Crippen MR) is 101 cm³/mol. The van der Waals surface area contributed by atoms with E-state index in [9.17, 15) is 4.79 Å². The minimum Gasteiger partial charge on any atom is -0.337 e. The van der Waals surface area contributed by atoms with Gasteiger partial charge in [0.15, 0.2) is 5.16 Å². The van der Waals surface area contributed by atoms with Gasteiger partial charge in [-0.05, 0) is 45.6 Å². The smallest absolute Gasteiger partial charge is 0.233 e. The van der Waals surface area contributed by atoms with Gasteiger partial charge in [-0.15, -0.1) is 10.2 Å². The minimum absolute atomic E-state index is 0.205. The van der Waals surface area contributed by atoms with Crippen LogP contribution in [0.15, 0.2) is 35.5 Å². The molecule has 2 aromatic rings. The van der Waals surface area contributed by atoms with Crippen LogP contribution in [-0.4, -0.2) is 43.4 Å². The summed E-state index contributed by atoms with van der Waals surface area (Å²) >= 11 is 1.49. The fourth-order valence-corrected chi connectivity index (χ4v) is 4.38. The van der Waals surface area contributed by atoms with E-state index in [1.54, 1.807) is 0 Å². The number of piperidine rings is 1. The van der Waals surface area contributed by atoms with Crippen molar-refractivity contribution in [1.82, 2.24) is 19.7 Å². The molecule has 5 nitrogen and oxygen atoms in total. The second kappa shape index (κ2) is 8.04. The maximum atomic E-state index is 12.7. The second-order valence-electron chi connectivity index (χ2n) is 6.82. The van der Waals surface area contributed by atoms with Gasteiger partial charge >= 0.3 is 0 Å². The van der Waals surface area contributed by atoms with Gasteiger partial charge in [-0.1, -0.05) is 42.1 Å². The number of carbonyl (C=O) groups excluding carboxylic acids is 1. The minimum atomic E-state index is 0.205. The van der Waals surface area contributed by atoms with Gasteiger partial charge in [0, 0.05) is 12.1 Å². The van der Waals surface area contributed by atoms with Gasteiger partial charge in [0.2, 0.25) is 5.91 Å². The average Bonchev–Trinajstić information content (AvgIpc) is 2.94. The molecule has 0 N–H and O–H groups in total. The maximum Gasteiger partial charge on any atom is 0.233 e. The molecule has 1 fully saturated rings. The van der Waals surface area contributed by atoms with Gasteiger partial charge in [0.05, 0.1) is 12.3 Å². The molecule has 2 unspecified atom stereocenters. The summed E-state index contributed by atoms with van der Waals surface area (Å²) in [5.41, 5.74) is 1.21. The zero-order valence-electron chi connectivity index (χ0n) is 15.2. The first-order chi connectivity index (χ1) is 12.1. The van der Waals surface area contributed by atoms with Crippen LogP contribution >= 0.6 is 11.8 Å². The zero-order valence-corrected chi connectivity index (χ0v) is 16.0. The lowest BCUT2D eigenvalue weighted by molar-refractivity contribution is -0.134. The molecule has 0 aliphatic carbocycles. The highest BCUT2D eigenvalue weighted by Gasteiger charge is 2.29. The van der Waals surface area contributed by atoms with Crippen LogP contribution in [-0.2, 0) is 11.3 Å². The van der Waals surface area contributed by atoms with E-state index in [1.807, 2.05) is 25.1 Å². The molecule has 0 saturated carbocycles. The van der Waals surface area contributed by atoms with Crippen molar-refractivity contribution in [3.63, 3.8) is 0 Å². The number of rotatable bonds is 5. The molecule has 1 aromatic heterocycles. The van der Waals surface area contributed by atoms with E-state index in [1.165, 1.54) is 23.7 Å². The number of nitrogens with zero attached hydrogens (tertiary/aromatic N) is 4. The van der Waals surface area contributed by atoms with Gasteiger partial charge in [0.1, 0.15) is 5.82 Å². The summed E-state index contributed by atoms with van der Waals surface area (Å²) in [6.45, 7) is 6.99. The Morgan fingerprint density at radius 1 is 1.16 bits per heavy atom. The van der Waals surface area contributed by atoms with Crippen LogP contribution in [0.25, 0.3) is 0 Å². The molecule has 0 spiro atoms. The van der Waals surface area contributed by atoms with E-state index < -0.39 is 0 Å². The lowest BCUT2D eigenvalue weighted by atomic mass is 9.98. The van der Waals surface area contributed by atoms with Crippen molar-refractivity contribution in [2.45, 2.75) is 63.8 Å². The summed E-state index contributed by atoms with van der Waals surface area (Å²) in [6, 6.07) is 10.9. The molecule has 0 bridgehead atoms. The van der Waals surface area contributed by atoms with Crippen LogP contribution in [0.1, 0.15) is 44.5 Å². The standard InChI is InChI=1S/C19H26N4OS/c1-14-8-7-9-15(2)23(14)18(24)13-25-19-21-20-16(3)22(19)12-17-10-5-4-6-11-17/h4-6,10-11,14-15H,7-9,12-13H2,1-3H3. The summed E-state index contributed by atoms with van der Waals surface area (Å²) in [7, 11) is 0. The topological polar surface area (TPSA) is 51.0 Å². The van der Waals surface area contributed by atoms with E-state index in [4.69, 9.17) is 0 Å². The Bertz CT molecular complexity index is 705. The quantitative estimate of drug-likeness (QED) is 0.768. The van der Waals surface area contributed by atoms with Crippen molar-refractivity contribution in [1.29, 1.82) is 0 Å². The van der Waals surface area contributed by atoms with Crippen molar-refractivity contribution in [2.75, 3.05) is 5.75 Å². The lowest BCUT2D eigenvalue weighted by Crippen LogP contribution is -2.48. The highest BCUT2D eigenvalue weighted by Crippen LogP contribution is 2.25. The monoisotopic (exact) mass is 358 g/mol. The predicted octanol–water partition coefficient (Wildman–Crippen LogP) is 3.52. The fraction of sp³-hybridized carbons (Fsp3) is 0.526. The molecule has 1 amide bonds. The van der Waals surface area contributed by atoms with Gasteiger partial charge in [0.25, 0.3) is 0 Å². The molecule has 0 radical (unpaired) electrons. The van der Waals surface area contributed by atoms with Crippen LogP contribution in [0.3, 0.4) is 0 Å². The molecular formula is C19H26N4OS. The highest BCUT2D eigenvalue weighted by atomic mass is 32.2. The average molecular weight is 359 g/mol. The molecule has 25 heavy (non-hydrogen) atoms. The zero-order chi connectivity index (χ0) is 17.8. The molecule has 134 valence electrons. The molecule has 3 rings (SSSR count). The van der Waals surface area contributed by atoms with Gasteiger partial charge < -0.3 is 9.47 Å². The molecule has 1 aliphatic rings. The summed E-state index contributed by atoms with van der Waals surface area (Å²) in [4.78, 5) is 14.8. The normalized spacial score (nSPS) is 20.7. The molecule has 6 heteroatoms. The SMILES string of the molecule is Cc1nnc(SCC(=O)N2C(C)CCCC2C)n1Cc1ccccc1. The number of aromatic nitrogens is 3. The number of likely N-dealkylation sites (tertiary alicyclic amines) is 1. The van der Waals surface area contributed by atoms with Crippen molar-refractivity contribution in [3.8, 4) is 0 Å². The molecular weight excluding hydrogens is 332 g/mol. The van der Waals surface area contributed by atoms with E-state index in [2.05, 4.69) is 45.6 Å². The van der Waals surface area contributed by atoms with Crippen molar-refractivity contribution < 1.29 is 4.79 Å². The van der Waals surface area contributed by atoms with E-state index in [0.717, 1.165) is 30.4 Å². The van der Waals surface area contributed by atoms with Crippen molar-refractivity contribution in [3.05, 3.63) is 41.7 Å². The first-order valence-corrected chi connectivity index (χ1v) is 9.92. The third kappa shape index (κ3) is 4.24. The van der Waals surface area contributed by atoms with E-state index in [0.29, 0.717) is 17.8 Å². The number of thioether (sulfide) groups is 1. The van der Waals surface area contributed by atoms with E-state index in [-0.39, 0.29) is 5.91 Å². The molecule has 1 aromatic carbocycles. The highest BCUT2D eigenvalue weighted by molar-refractivity contribution is 7.99. The van der Waals surface area contributed by atoms with Crippen LogP contribution in [0.2, 0.25) is 0 Å². The van der Waals surface area contributed by atoms with E-state index >= 15 is 0 Å². The summed E-state index contributed by atoms with van der Waals surface area (Å²) in [5.74, 6) is 1.50. The number of hydrogen-bond acceptors (Lipinski definition) is 4. The summed E-state index contributed by atoms with van der Waals surface area (Å²) in [5, 5.41) is 9.28. The van der Waals surface area contributed by atoms with Crippen LogP contribution in [0, 0.1) is 6.92 Å². The van der Waals surface area contributed by atoms with Crippen molar-refractivity contribution in [2.24, 2.45) is 0 Å². The Morgan fingerprint density at radius 2 is 1.84 bits per heavy atom. The largest absolute Gasteiger partial charge is 0.337 e. The lowest BCUT2D eigenvalue weighted by Gasteiger charge is -2.39. The first kappa shape index (κ1) is 18.0. The third-order valence-corrected chi connectivity index (χ3v) is 5.84. The molecule has 1 aliphatic heterocycles. The van der Waals surface area contributed by atoms with Gasteiger partial charge in [-0.25, -0.2) is 0 Å². The molecule has 2 atom stereocenters. The Kier molecular flexibility index (Phi) is 5.78. The Hall–Kier alpha value is -1.82. The second-order valence-corrected chi connectivity index (χ2v) is 7.76. The number of amides is 1. The van der Waals surface area contributed by atoms with Gasteiger partial charge in [-0.3, -0.25) is 4.79 Å². The van der Waals surface area contributed by atoms with Crippen LogP contribution < -0.4 is 0 Å². The Labute approximate surface area is 153 Å². The number of aryl methyl sites for hydroxylation is 1. The summed E-state index contributed by atoms with van der Waals surface area (Å²) in [6.07, 6.45) is 3.41.